The molecule has 3 heterocycles. The van der Waals surface area contributed by atoms with E-state index < -0.39 is 15.8 Å². The molecule has 20 heavy (non-hydrogen) atoms. The van der Waals surface area contributed by atoms with Crippen LogP contribution in [0.2, 0.25) is 0 Å². The summed E-state index contributed by atoms with van der Waals surface area (Å²) in [4.78, 5) is 15.5. The number of rotatable bonds is 2. The van der Waals surface area contributed by atoms with Crippen molar-refractivity contribution < 1.29 is 18.3 Å². The second kappa shape index (κ2) is 4.87. The molecule has 1 atom stereocenters. The number of aliphatic carboxylic acids is 1. The first kappa shape index (κ1) is 13.6. The molecule has 2 aliphatic heterocycles. The second-order valence-electron chi connectivity index (χ2n) is 5.71. The molecular formula is C13H18N2O4S. The lowest BCUT2D eigenvalue weighted by molar-refractivity contribution is -0.142. The fourth-order valence-corrected chi connectivity index (χ4v) is 4.66. The molecule has 0 bridgehead atoms. The van der Waals surface area contributed by atoms with Gasteiger partial charge in [-0.05, 0) is 19.3 Å². The topological polar surface area (TPSA) is 89.3 Å². The largest absolute Gasteiger partial charge is 0.481 e. The van der Waals surface area contributed by atoms with Gasteiger partial charge in [-0.1, -0.05) is 0 Å². The van der Waals surface area contributed by atoms with Gasteiger partial charge in [0.15, 0.2) is 0 Å². The van der Waals surface area contributed by atoms with Crippen LogP contribution in [0.15, 0.2) is 6.20 Å². The van der Waals surface area contributed by atoms with Gasteiger partial charge in [0.25, 0.3) is 0 Å². The summed E-state index contributed by atoms with van der Waals surface area (Å²) in [5.74, 6) is 0.531. The fraction of sp³-hybridized carbons (Fsp3) is 0.692. The maximum atomic E-state index is 11.5. The molecule has 1 unspecified atom stereocenters. The highest BCUT2D eigenvalue weighted by Gasteiger charge is 2.31. The van der Waals surface area contributed by atoms with Crippen LogP contribution in [0, 0.1) is 5.92 Å². The normalized spacial score (nSPS) is 26.1. The molecule has 110 valence electrons. The van der Waals surface area contributed by atoms with E-state index in [1.165, 1.54) is 0 Å². The number of hydrogen-bond acceptors (Lipinski definition) is 4. The van der Waals surface area contributed by atoms with Crippen molar-refractivity contribution in [3.05, 3.63) is 17.7 Å². The van der Waals surface area contributed by atoms with E-state index in [0.717, 1.165) is 11.5 Å². The number of carboxylic acid groups (broad SMARTS) is 1. The third kappa shape index (κ3) is 2.46. The summed E-state index contributed by atoms with van der Waals surface area (Å²) in [5.41, 5.74) is 0.965. The second-order valence-corrected chi connectivity index (χ2v) is 8.02. The third-order valence-electron chi connectivity index (χ3n) is 4.39. The number of sulfone groups is 1. The van der Waals surface area contributed by atoms with Crippen molar-refractivity contribution in [3.8, 4) is 0 Å². The average molecular weight is 298 g/mol. The Morgan fingerprint density at radius 2 is 2.00 bits per heavy atom. The zero-order valence-corrected chi connectivity index (χ0v) is 12.0. The highest BCUT2D eigenvalue weighted by Crippen LogP contribution is 2.31. The number of hydrogen-bond donors (Lipinski definition) is 1. The van der Waals surface area contributed by atoms with Crippen LogP contribution < -0.4 is 0 Å². The first-order valence-electron chi connectivity index (χ1n) is 6.94. The summed E-state index contributed by atoms with van der Waals surface area (Å²) >= 11 is 0. The van der Waals surface area contributed by atoms with Gasteiger partial charge in [-0.2, -0.15) is 0 Å². The highest BCUT2D eigenvalue weighted by atomic mass is 32.2. The fourth-order valence-electron chi connectivity index (χ4n) is 3.17. The van der Waals surface area contributed by atoms with Gasteiger partial charge in [0, 0.05) is 30.8 Å². The van der Waals surface area contributed by atoms with Crippen molar-refractivity contribution in [2.75, 3.05) is 11.5 Å². The number of nitrogens with zero attached hydrogens (tertiary/aromatic N) is 2. The van der Waals surface area contributed by atoms with Crippen molar-refractivity contribution in [2.45, 2.75) is 38.1 Å². The quantitative estimate of drug-likeness (QED) is 0.873. The maximum Gasteiger partial charge on any atom is 0.306 e. The molecule has 1 saturated heterocycles. The van der Waals surface area contributed by atoms with Gasteiger partial charge in [-0.25, -0.2) is 13.4 Å². The Kier molecular flexibility index (Phi) is 3.32. The zero-order valence-electron chi connectivity index (χ0n) is 11.2. The van der Waals surface area contributed by atoms with Gasteiger partial charge in [-0.3, -0.25) is 4.79 Å². The predicted octanol–water partition coefficient (Wildman–Crippen LogP) is 0.822. The molecule has 0 aromatic carbocycles. The van der Waals surface area contributed by atoms with Gasteiger partial charge < -0.3 is 9.67 Å². The van der Waals surface area contributed by atoms with Gasteiger partial charge in [0.05, 0.1) is 17.4 Å². The van der Waals surface area contributed by atoms with E-state index in [1.807, 2.05) is 0 Å². The first-order chi connectivity index (χ1) is 9.46. The number of carbonyl (C=O) groups is 1. The SMILES string of the molecule is O=C(O)C1CCn2c(cnc2C2CCS(=O)(=O)CC2)C1. The van der Waals surface area contributed by atoms with Crippen LogP contribution in [-0.2, 0) is 27.6 Å². The van der Waals surface area contributed by atoms with E-state index in [4.69, 9.17) is 5.11 Å². The highest BCUT2D eigenvalue weighted by molar-refractivity contribution is 7.91. The van der Waals surface area contributed by atoms with Gasteiger partial charge in [0.1, 0.15) is 15.7 Å². The lowest BCUT2D eigenvalue weighted by Gasteiger charge is -2.26. The summed E-state index contributed by atoms with van der Waals surface area (Å²) in [6.45, 7) is 0.672. The van der Waals surface area contributed by atoms with Crippen molar-refractivity contribution in [3.63, 3.8) is 0 Å². The summed E-state index contributed by atoms with van der Waals surface area (Å²) in [5, 5.41) is 9.08. The van der Waals surface area contributed by atoms with Crippen molar-refractivity contribution in [2.24, 2.45) is 5.92 Å². The van der Waals surface area contributed by atoms with Crippen LogP contribution in [0.5, 0.6) is 0 Å². The van der Waals surface area contributed by atoms with E-state index in [9.17, 15) is 13.2 Å². The van der Waals surface area contributed by atoms with Crippen LogP contribution in [0.4, 0.5) is 0 Å². The Morgan fingerprint density at radius 3 is 2.65 bits per heavy atom. The first-order valence-corrected chi connectivity index (χ1v) is 8.76. The Balaban J connectivity index is 1.79. The van der Waals surface area contributed by atoms with Crippen molar-refractivity contribution in [1.29, 1.82) is 0 Å². The van der Waals surface area contributed by atoms with Gasteiger partial charge in [0.2, 0.25) is 0 Å². The lowest BCUT2D eigenvalue weighted by Crippen LogP contribution is -2.28. The molecule has 1 N–H and O–H groups in total. The molecule has 2 aliphatic rings. The Labute approximate surface area is 117 Å². The minimum atomic E-state index is -2.86. The Morgan fingerprint density at radius 1 is 1.30 bits per heavy atom. The number of imidazole rings is 1. The zero-order chi connectivity index (χ0) is 14.3. The van der Waals surface area contributed by atoms with Crippen LogP contribution in [-0.4, -0.2) is 40.6 Å². The molecule has 1 aromatic rings. The van der Waals surface area contributed by atoms with Crippen LogP contribution in [0.1, 0.15) is 36.7 Å². The van der Waals surface area contributed by atoms with E-state index in [1.54, 1.807) is 6.20 Å². The van der Waals surface area contributed by atoms with Gasteiger partial charge >= 0.3 is 5.97 Å². The average Bonchev–Trinajstić information content (AvgIpc) is 2.81. The molecule has 7 heteroatoms. The number of fused-ring (bicyclic) bond motifs is 1. The molecule has 0 saturated carbocycles. The molecule has 1 fully saturated rings. The van der Waals surface area contributed by atoms with E-state index >= 15 is 0 Å². The molecule has 0 aliphatic carbocycles. The Bertz CT molecular complexity index is 621. The molecule has 0 amide bonds. The summed E-state index contributed by atoms with van der Waals surface area (Å²) in [6.07, 6.45) is 4.15. The van der Waals surface area contributed by atoms with Gasteiger partial charge in [-0.15, -0.1) is 0 Å². The summed E-state index contributed by atoms with van der Waals surface area (Å²) < 4.78 is 25.1. The molecule has 0 radical (unpaired) electrons. The maximum absolute atomic E-state index is 11.5. The van der Waals surface area contributed by atoms with E-state index in [2.05, 4.69) is 9.55 Å². The minimum Gasteiger partial charge on any atom is -0.481 e. The third-order valence-corrected chi connectivity index (χ3v) is 6.11. The van der Waals surface area contributed by atoms with Crippen molar-refractivity contribution >= 4 is 15.8 Å². The van der Waals surface area contributed by atoms with Crippen LogP contribution in [0.3, 0.4) is 0 Å². The summed E-state index contributed by atoms with van der Waals surface area (Å²) in [6, 6.07) is 0. The Hall–Kier alpha value is -1.37. The molecular weight excluding hydrogens is 280 g/mol. The predicted molar refractivity (Wildman–Crippen MR) is 72.3 cm³/mol. The van der Waals surface area contributed by atoms with E-state index in [-0.39, 0.29) is 23.3 Å². The van der Waals surface area contributed by atoms with Crippen LogP contribution >= 0.6 is 0 Å². The van der Waals surface area contributed by atoms with E-state index in [0.29, 0.717) is 32.2 Å². The minimum absolute atomic E-state index is 0.189. The smallest absolute Gasteiger partial charge is 0.306 e. The monoisotopic (exact) mass is 298 g/mol. The molecule has 6 nitrogen and oxygen atoms in total. The lowest BCUT2D eigenvalue weighted by atomic mass is 9.95. The van der Waals surface area contributed by atoms with Crippen LogP contribution in [0.25, 0.3) is 0 Å². The standard InChI is InChI=1S/C13H18N2O4S/c16-13(17)10-1-4-15-11(7-10)8-14-12(15)9-2-5-20(18,19)6-3-9/h8-10H,1-7H2,(H,16,17). The number of aromatic nitrogens is 2. The van der Waals surface area contributed by atoms with Crippen molar-refractivity contribution in [1.82, 2.24) is 9.55 Å². The molecule has 1 aromatic heterocycles. The summed E-state index contributed by atoms with van der Waals surface area (Å²) in [7, 11) is -2.86. The number of carboxylic acids is 1. The molecule has 0 spiro atoms. The molecule has 3 rings (SSSR count).